The van der Waals surface area contributed by atoms with Gasteiger partial charge in [-0.05, 0) is 48.9 Å². The van der Waals surface area contributed by atoms with E-state index < -0.39 is 0 Å². The first kappa shape index (κ1) is 20.9. The molecule has 1 aliphatic carbocycles. The SMILES string of the molecule is CC(=O)Nc1ccc(-c2c(C#N)c(N)nc3c2CCCCCCCCCC3)cc1. The summed E-state index contributed by atoms with van der Waals surface area (Å²) < 4.78 is 0. The van der Waals surface area contributed by atoms with Gasteiger partial charge in [-0.2, -0.15) is 5.26 Å². The number of benzene rings is 1. The molecular formula is C24H30N4O. The van der Waals surface area contributed by atoms with Crippen LogP contribution in [0, 0.1) is 11.3 Å². The summed E-state index contributed by atoms with van der Waals surface area (Å²) in [4.78, 5) is 16.0. The molecule has 1 aromatic carbocycles. The van der Waals surface area contributed by atoms with Crippen LogP contribution in [0.15, 0.2) is 24.3 Å². The largest absolute Gasteiger partial charge is 0.383 e. The van der Waals surface area contributed by atoms with Gasteiger partial charge in [-0.1, -0.05) is 50.7 Å². The number of fused-ring (bicyclic) bond motifs is 1. The van der Waals surface area contributed by atoms with Crippen molar-refractivity contribution in [1.82, 2.24) is 4.98 Å². The fourth-order valence-corrected chi connectivity index (χ4v) is 4.18. The van der Waals surface area contributed by atoms with E-state index in [9.17, 15) is 10.1 Å². The lowest BCUT2D eigenvalue weighted by atomic mass is 9.89. The highest BCUT2D eigenvalue weighted by Gasteiger charge is 2.20. The number of hydrogen-bond acceptors (Lipinski definition) is 4. The molecule has 0 radical (unpaired) electrons. The monoisotopic (exact) mass is 390 g/mol. The highest BCUT2D eigenvalue weighted by molar-refractivity contribution is 5.89. The molecule has 0 aliphatic heterocycles. The van der Waals surface area contributed by atoms with Gasteiger partial charge in [0.05, 0.1) is 0 Å². The van der Waals surface area contributed by atoms with E-state index in [1.165, 1.54) is 51.0 Å². The number of carbonyl (C=O) groups is 1. The van der Waals surface area contributed by atoms with Crippen LogP contribution in [0.1, 0.15) is 75.1 Å². The smallest absolute Gasteiger partial charge is 0.221 e. The third kappa shape index (κ3) is 5.35. The van der Waals surface area contributed by atoms with E-state index >= 15 is 0 Å². The van der Waals surface area contributed by atoms with Gasteiger partial charge in [0.25, 0.3) is 0 Å². The molecule has 0 saturated carbocycles. The van der Waals surface area contributed by atoms with Crippen molar-refractivity contribution >= 4 is 17.4 Å². The van der Waals surface area contributed by atoms with Crippen LogP contribution in [0.2, 0.25) is 0 Å². The lowest BCUT2D eigenvalue weighted by molar-refractivity contribution is -0.114. The highest BCUT2D eigenvalue weighted by Crippen LogP contribution is 2.35. The quantitative estimate of drug-likeness (QED) is 0.720. The standard InChI is InChI=1S/C24H30N4O/c1-17(29)27-19-14-12-18(13-15-19)23-20-10-8-6-4-2-3-5-7-9-11-22(20)28-24(26)21(23)16-25/h12-15H,2-11H2,1H3,(H2,26,28)(H,27,29). The minimum atomic E-state index is -0.104. The third-order valence-electron chi connectivity index (χ3n) is 5.61. The molecule has 1 amide bonds. The lowest BCUT2D eigenvalue weighted by Gasteiger charge is -2.19. The summed E-state index contributed by atoms with van der Waals surface area (Å²) in [5, 5.41) is 12.6. The van der Waals surface area contributed by atoms with Gasteiger partial charge in [0.2, 0.25) is 5.91 Å². The van der Waals surface area contributed by atoms with E-state index in [4.69, 9.17) is 5.73 Å². The number of aryl methyl sites for hydroxylation is 1. The first-order valence-electron chi connectivity index (χ1n) is 10.7. The highest BCUT2D eigenvalue weighted by atomic mass is 16.1. The minimum absolute atomic E-state index is 0.104. The summed E-state index contributed by atoms with van der Waals surface area (Å²) in [6.07, 6.45) is 11.6. The van der Waals surface area contributed by atoms with Crippen LogP contribution >= 0.6 is 0 Å². The van der Waals surface area contributed by atoms with Crippen LogP contribution in [-0.4, -0.2) is 10.9 Å². The first-order valence-corrected chi connectivity index (χ1v) is 10.7. The van der Waals surface area contributed by atoms with Crippen molar-refractivity contribution in [3.63, 3.8) is 0 Å². The number of carbonyl (C=O) groups excluding carboxylic acids is 1. The second kappa shape index (κ2) is 10.1. The number of anilines is 2. The second-order valence-corrected chi connectivity index (χ2v) is 7.87. The molecular weight excluding hydrogens is 360 g/mol. The normalized spacial score (nSPS) is 15.3. The van der Waals surface area contributed by atoms with Gasteiger partial charge < -0.3 is 11.1 Å². The van der Waals surface area contributed by atoms with Crippen LogP contribution in [-0.2, 0) is 17.6 Å². The van der Waals surface area contributed by atoms with Gasteiger partial charge in [-0.3, -0.25) is 4.79 Å². The molecule has 29 heavy (non-hydrogen) atoms. The maximum atomic E-state index is 11.3. The second-order valence-electron chi connectivity index (χ2n) is 7.87. The molecule has 0 atom stereocenters. The Hall–Kier alpha value is -2.87. The Labute approximate surface area is 173 Å². The van der Waals surface area contributed by atoms with E-state index in [1.807, 2.05) is 24.3 Å². The summed E-state index contributed by atoms with van der Waals surface area (Å²) in [5.74, 6) is 0.215. The molecule has 152 valence electrons. The molecule has 1 aliphatic rings. The van der Waals surface area contributed by atoms with Crippen molar-refractivity contribution in [2.45, 2.75) is 71.1 Å². The molecule has 3 N–H and O–H groups in total. The van der Waals surface area contributed by atoms with E-state index in [1.54, 1.807) is 0 Å². The van der Waals surface area contributed by atoms with Crippen LogP contribution in [0.5, 0.6) is 0 Å². The molecule has 2 aromatic rings. The summed E-state index contributed by atoms with van der Waals surface area (Å²) in [6, 6.07) is 9.94. The number of amides is 1. The summed E-state index contributed by atoms with van der Waals surface area (Å²) >= 11 is 0. The predicted octanol–water partition coefficient (Wildman–Crippen LogP) is 5.38. The number of rotatable bonds is 2. The predicted molar refractivity (Wildman–Crippen MR) is 117 cm³/mol. The van der Waals surface area contributed by atoms with Gasteiger partial charge >= 0.3 is 0 Å². The first-order chi connectivity index (χ1) is 14.1. The molecule has 3 rings (SSSR count). The number of nitrogen functional groups attached to an aromatic ring is 1. The summed E-state index contributed by atoms with van der Waals surface area (Å²) in [6.45, 7) is 1.49. The minimum Gasteiger partial charge on any atom is -0.383 e. The fourth-order valence-electron chi connectivity index (χ4n) is 4.18. The lowest BCUT2D eigenvalue weighted by Crippen LogP contribution is -2.09. The molecule has 0 unspecified atom stereocenters. The van der Waals surface area contributed by atoms with Gasteiger partial charge in [0.1, 0.15) is 17.5 Å². The Morgan fingerprint density at radius 1 is 1.00 bits per heavy atom. The summed E-state index contributed by atoms with van der Waals surface area (Å²) in [7, 11) is 0. The molecule has 1 heterocycles. The van der Waals surface area contributed by atoms with Gasteiger partial charge in [-0.15, -0.1) is 0 Å². The number of pyridine rings is 1. The Morgan fingerprint density at radius 3 is 2.17 bits per heavy atom. The third-order valence-corrected chi connectivity index (χ3v) is 5.61. The Morgan fingerprint density at radius 2 is 1.59 bits per heavy atom. The average Bonchev–Trinajstić information content (AvgIpc) is 2.69. The number of nitrogens with two attached hydrogens (primary N) is 1. The molecule has 0 fully saturated rings. The Balaban J connectivity index is 2.06. The van der Waals surface area contributed by atoms with Crippen LogP contribution in [0.25, 0.3) is 11.1 Å². The van der Waals surface area contributed by atoms with E-state index in [0.29, 0.717) is 11.4 Å². The van der Waals surface area contributed by atoms with E-state index in [0.717, 1.165) is 48.2 Å². The maximum Gasteiger partial charge on any atom is 0.221 e. The number of nitrogens with zero attached hydrogens (tertiary/aromatic N) is 2. The van der Waals surface area contributed by atoms with Crippen LogP contribution in [0.4, 0.5) is 11.5 Å². The average molecular weight is 391 g/mol. The maximum absolute atomic E-state index is 11.3. The van der Waals surface area contributed by atoms with Crippen molar-refractivity contribution in [3.05, 3.63) is 41.1 Å². The van der Waals surface area contributed by atoms with Gasteiger partial charge in [0, 0.05) is 23.9 Å². The zero-order valence-electron chi connectivity index (χ0n) is 17.3. The van der Waals surface area contributed by atoms with Crippen molar-refractivity contribution in [3.8, 4) is 17.2 Å². The topological polar surface area (TPSA) is 91.8 Å². The van der Waals surface area contributed by atoms with Crippen LogP contribution < -0.4 is 11.1 Å². The van der Waals surface area contributed by atoms with Crippen molar-refractivity contribution in [2.24, 2.45) is 0 Å². The van der Waals surface area contributed by atoms with Crippen LogP contribution in [0.3, 0.4) is 0 Å². The molecule has 0 bridgehead atoms. The van der Waals surface area contributed by atoms with Gasteiger partial charge in [-0.25, -0.2) is 4.98 Å². The van der Waals surface area contributed by atoms with E-state index in [2.05, 4.69) is 16.4 Å². The molecule has 0 spiro atoms. The number of nitriles is 1. The van der Waals surface area contributed by atoms with Crippen molar-refractivity contribution in [2.75, 3.05) is 11.1 Å². The molecule has 5 nitrogen and oxygen atoms in total. The fraction of sp³-hybridized carbons (Fsp3) is 0.458. The number of aromatic nitrogens is 1. The van der Waals surface area contributed by atoms with E-state index in [-0.39, 0.29) is 5.91 Å². The summed E-state index contributed by atoms with van der Waals surface area (Å²) in [5.41, 5.74) is 11.5. The van der Waals surface area contributed by atoms with Crippen molar-refractivity contribution < 1.29 is 4.79 Å². The molecule has 1 aromatic heterocycles. The number of hydrogen-bond donors (Lipinski definition) is 2. The zero-order valence-corrected chi connectivity index (χ0v) is 17.3. The Bertz CT molecular complexity index is 897. The molecule has 0 saturated heterocycles. The molecule has 5 heteroatoms. The zero-order chi connectivity index (χ0) is 20.6. The van der Waals surface area contributed by atoms with Crippen molar-refractivity contribution in [1.29, 1.82) is 5.26 Å². The number of nitrogens with one attached hydrogen (secondary N) is 1. The Kier molecular flexibility index (Phi) is 7.24. The van der Waals surface area contributed by atoms with Gasteiger partial charge in [0.15, 0.2) is 0 Å².